The molecule has 0 aromatic heterocycles. The van der Waals surface area contributed by atoms with Crippen molar-refractivity contribution >= 4 is 32.7 Å². The van der Waals surface area contributed by atoms with Crippen molar-refractivity contribution in [2.75, 3.05) is 5.75 Å². The van der Waals surface area contributed by atoms with Gasteiger partial charge in [-0.1, -0.05) is 10.8 Å². The monoisotopic (exact) mass is 149 g/mol. The van der Waals surface area contributed by atoms with Crippen molar-refractivity contribution in [3.05, 3.63) is 0 Å². The summed E-state index contributed by atoms with van der Waals surface area (Å²) in [7, 11) is 2.33. The Labute approximate surface area is 54.0 Å². The Kier molecular flexibility index (Phi) is 1.80. The highest BCUT2D eigenvalue weighted by molar-refractivity contribution is 8.82. The zero-order chi connectivity index (χ0) is 5.98. The van der Waals surface area contributed by atoms with Crippen LogP contribution in [0.15, 0.2) is 0 Å². The molecular weight excluding hydrogens is 146 g/mol. The van der Waals surface area contributed by atoms with E-state index in [2.05, 4.69) is 5.32 Å². The predicted molar refractivity (Wildman–Crippen MR) is 33.6 cm³/mol. The molecule has 1 aliphatic heterocycles. The quantitative estimate of drug-likeness (QED) is 0.513. The van der Waals surface area contributed by atoms with E-state index >= 15 is 0 Å². The zero-order valence-electron chi connectivity index (χ0n) is 3.84. The first kappa shape index (κ1) is 5.97. The molecule has 1 fully saturated rings. The highest BCUT2D eigenvalue weighted by atomic mass is 33.1. The standard InChI is InChI=1S/C3H3NO2S2/c5-2-1-7-8-3(6)4-2/h1H2,(H,4,5,6). The van der Waals surface area contributed by atoms with Gasteiger partial charge in [-0.05, 0) is 0 Å². The minimum absolute atomic E-state index is 0.196. The molecule has 0 unspecified atom stereocenters. The first-order valence-electron chi connectivity index (χ1n) is 1.92. The van der Waals surface area contributed by atoms with E-state index in [4.69, 9.17) is 0 Å². The number of amides is 2. The summed E-state index contributed by atoms with van der Waals surface area (Å²) in [6.07, 6.45) is 0. The molecule has 0 radical (unpaired) electrons. The van der Waals surface area contributed by atoms with Gasteiger partial charge < -0.3 is 0 Å². The van der Waals surface area contributed by atoms with Gasteiger partial charge in [0.1, 0.15) is 0 Å². The van der Waals surface area contributed by atoms with E-state index in [1.807, 2.05) is 0 Å². The molecule has 3 nitrogen and oxygen atoms in total. The lowest BCUT2D eigenvalue weighted by molar-refractivity contribution is -0.117. The first-order valence-corrected chi connectivity index (χ1v) is 4.24. The van der Waals surface area contributed by atoms with Crippen molar-refractivity contribution in [3.63, 3.8) is 0 Å². The van der Waals surface area contributed by atoms with Crippen molar-refractivity contribution in [1.29, 1.82) is 0 Å². The fraction of sp³-hybridized carbons (Fsp3) is 0.333. The first-order chi connectivity index (χ1) is 3.79. The van der Waals surface area contributed by atoms with E-state index < -0.39 is 0 Å². The van der Waals surface area contributed by atoms with Crippen LogP contribution in [0.4, 0.5) is 4.79 Å². The van der Waals surface area contributed by atoms with Crippen LogP contribution in [0.2, 0.25) is 0 Å². The highest BCUT2D eigenvalue weighted by Crippen LogP contribution is 2.24. The normalized spacial score (nSPS) is 20.5. The molecule has 0 aliphatic carbocycles. The summed E-state index contributed by atoms with van der Waals surface area (Å²) >= 11 is 0. The van der Waals surface area contributed by atoms with Crippen LogP contribution in [0, 0.1) is 0 Å². The molecule has 0 spiro atoms. The molecule has 1 rings (SSSR count). The Bertz CT molecular complexity index is 121. The van der Waals surface area contributed by atoms with E-state index in [1.54, 1.807) is 0 Å². The minimum Gasteiger partial charge on any atom is -0.286 e. The largest absolute Gasteiger partial charge is 0.296 e. The van der Waals surface area contributed by atoms with Crippen LogP contribution in [-0.4, -0.2) is 16.9 Å². The van der Waals surface area contributed by atoms with E-state index in [1.165, 1.54) is 10.8 Å². The lowest BCUT2D eigenvalue weighted by atomic mass is 10.7. The number of rotatable bonds is 0. The van der Waals surface area contributed by atoms with Crippen molar-refractivity contribution in [3.8, 4) is 0 Å². The molecule has 44 valence electrons. The molecule has 0 bridgehead atoms. The summed E-state index contributed by atoms with van der Waals surface area (Å²) in [5.41, 5.74) is 0. The van der Waals surface area contributed by atoms with Gasteiger partial charge in [-0.3, -0.25) is 14.9 Å². The molecule has 0 aromatic carbocycles. The van der Waals surface area contributed by atoms with Gasteiger partial charge in [0.2, 0.25) is 5.91 Å². The Morgan fingerprint density at radius 1 is 1.50 bits per heavy atom. The molecule has 5 heteroatoms. The van der Waals surface area contributed by atoms with Gasteiger partial charge in [-0.2, -0.15) is 0 Å². The van der Waals surface area contributed by atoms with Crippen molar-refractivity contribution in [1.82, 2.24) is 5.32 Å². The second kappa shape index (κ2) is 2.41. The van der Waals surface area contributed by atoms with Crippen LogP contribution in [0.3, 0.4) is 0 Å². The Morgan fingerprint density at radius 3 is 2.62 bits per heavy atom. The van der Waals surface area contributed by atoms with Gasteiger partial charge in [0.15, 0.2) is 0 Å². The number of carbonyl (C=O) groups is 2. The Balaban J connectivity index is 2.45. The number of carbonyl (C=O) groups excluding carboxylic acids is 2. The zero-order valence-corrected chi connectivity index (χ0v) is 5.47. The maximum atomic E-state index is 10.3. The van der Waals surface area contributed by atoms with Gasteiger partial charge in [0, 0.05) is 10.8 Å². The minimum atomic E-state index is -0.258. The summed E-state index contributed by atoms with van der Waals surface area (Å²) in [6.45, 7) is 0. The summed E-state index contributed by atoms with van der Waals surface area (Å²) in [4.78, 5) is 20.6. The van der Waals surface area contributed by atoms with Crippen LogP contribution in [0.5, 0.6) is 0 Å². The SMILES string of the molecule is O=C1CSSC(=O)N1. The fourth-order valence-corrected chi connectivity index (χ4v) is 1.75. The van der Waals surface area contributed by atoms with E-state index in [-0.39, 0.29) is 11.1 Å². The molecule has 0 atom stereocenters. The van der Waals surface area contributed by atoms with Gasteiger partial charge in [0.05, 0.1) is 5.75 Å². The lowest BCUT2D eigenvalue weighted by Gasteiger charge is -2.06. The summed E-state index contributed by atoms with van der Waals surface area (Å²) < 4.78 is 0. The van der Waals surface area contributed by atoms with Gasteiger partial charge in [-0.15, -0.1) is 0 Å². The second-order valence-electron chi connectivity index (χ2n) is 1.18. The number of hydrogen-bond donors (Lipinski definition) is 1. The predicted octanol–water partition coefficient (Wildman–Crippen LogP) is 0.618. The number of imide groups is 1. The van der Waals surface area contributed by atoms with Crippen LogP contribution in [0.25, 0.3) is 0 Å². The van der Waals surface area contributed by atoms with E-state index in [0.29, 0.717) is 5.75 Å². The third-order valence-electron chi connectivity index (χ3n) is 0.566. The summed E-state index contributed by atoms with van der Waals surface area (Å²) in [6, 6.07) is 0. The average Bonchev–Trinajstić information content (AvgIpc) is 1.64. The average molecular weight is 149 g/mol. The maximum Gasteiger partial charge on any atom is 0.296 e. The summed E-state index contributed by atoms with van der Waals surface area (Å²) in [5.74, 6) is 0.190. The van der Waals surface area contributed by atoms with Gasteiger partial charge >= 0.3 is 0 Å². The smallest absolute Gasteiger partial charge is 0.286 e. The molecule has 1 N–H and O–H groups in total. The van der Waals surface area contributed by atoms with Crippen molar-refractivity contribution < 1.29 is 9.59 Å². The fourth-order valence-electron chi connectivity index (χ4n) is 0.307. The Morgan fingerprint density at radius 2 is 2.25 bits per heavy atom. The third kappa shape index (κ3) is 1.41. The van der Waals surface area contributed by atoms with E-state index in [9.17, 15) is 9.59 Å². The second-order valence-corrected chi connectivity index (χ2v) is 3.45. The topological polar surface area (TPSA) is 46.2 Å². The molecule has 1 saturated heterocycles. The van der Waals surface area contributed by atoms with Gasteiger partial charge in [0.25, 0.3) is 5.24 Å². The maximum absolute atomic E-state index is 10.3. The number of hydrogen-bond acceptors (Lipinski definition) is 4. The van der Waals surface area contributed by atoms with Crippen LogP contribution >= 0.6 is 21.6 Å². The molecule has 8 heavy (non-hydrogen) atoms. The highest BCUT2D eigenvalue weighted by Gasteiger charge is 2.14. The van der Waals surface area contributed by atoms with E-state index in [0.717, 1.165) is 10.8 Å². The molecule has 1 heterocycles. The van der Waals surface area contributed by atoms with Crippen LogP contribution in [-0.2, 0) is 4.79 Å². The number of nitrogens with one attached hydrogen (secondary N) is 1. The lowest BCUT2D eigenvalue weighted by Crippen LogP contribution is -2.31. The third-order valence-corrected chi connectivity index (χ3v) is 2.48. The van der Waals surface area contributed by atoms with Gasteiger partial charge in [-0.25, -0.2) is 0 Å². The molecule has 0 saturated carbocycles. The van der Waals surface area contributed by atoms with Crippen LogP contribution in [0.1, 0.15) is 0 Å². The summed E-state index contributed by atoms with van der Waals surface area (Å²) in [5, 5.41) is 1.89. The molecule has 1 aliphatic rings. The Hall–Kier alpha value is -0.160. The molecule has 2 amide bonds. The molecular formula is C3H3NO2S2. The van der Waals surface area contributed by atoms with Crippen LogP contribution < -0.4 is 5.32 Å². The molecule has 0 aromatic rings. The van der Waals surface area contributed by atoms with Crippen molar-refractivity contribution in [2.45, 2.75) is 0 Å². The van der Waals surface area contributed by atoms with Crippen molar-refractivity contribution in [2.24, 2.45) is 0 Å².